The predicted octanol–water partition coefficient (Wildman–Crippen LogP) is -0.924. The maximum atomic E-state index is 11.5. The zero-order valence-electron chi connectivity index (χ0n) is 15.9. The number of nitrogens with two attached hydrogens (primary N) is 2. The molecule has 3 rings (SSSR count). The first-order valence-electron chi connectivity index (χ1n) is 8.61. The summed E-state index contributed by atoms with van der Waals surface area (Å²) >= 11 is 4.87. The van der Waals surface area contributed by atoms with Crippen LogP contribution in [-0.4, -0.2) is 74.8 Å². The minimum atomic E-state index is -3.72. The lowest BCUT2D eigenvalue weighted by Gasteiger charge is -2.15. The molecule has 1 atom stereocenters. The molecule has 0 spiro atoms. The van der Waals surface area contributed by atoms with E-state index in [0.717, 1.165) is 5.69 Å². The Labute approximate surface area is 173 Å². The Bertz CT molecular complexity index is 1040. The number of aryl methyl sites for hydroxylation is 1. The molecule has 0 aliphatic carbocycles. The van der Waals surface area contributed by atoms with E-state index in [9.17, 15) is 8.42 Å². The van der Waals surface area contributed by atoms with Gasteiger partial charge in [0.05, 0.1) is 35.8 Å². The van der Waals surface area contributed by atoms with Gasteiger partial charge in [-0.05, 0) is 24.7 Å². The van der Waals surface area contributed by atoms with Gasteiger partial charge in [0, 0.05) is 33.2 Å². The molecule has 0 amide bonds. The van der Waals surface area contributed by atoms with Crippen LogP contribution in [0.2, 0.25) is 0 Å². The minimum Gasteiger partial charge on any atom is -0.375 e. The molecular formula is C15H22N10O2S2. The second-order valence-electron chi connectivity index (χ2n) is 6.53. The molecule has 1 aliphatic rings. The van der Waals surface area contributed by atoms with Crippen molar-refractivity contribution in [1.82, 2.24) is 28.8 Å². The van der Waals surface area contributed by atoms with E-state index in [1.165, 1.54) is 15.5 Å². The average Bonchev–Trinajstić information content (AvgIpc) is 3.28. The number of hydrazone groups is 1. The van der Waals surface area contributed by atoms with Crippen LogP contribution in [0.1, 0.15) is 12.1 Å². The van der Waals surface area contributed by atoms with E-state index in [0.29, 0.717) is 30.3 Å². The topological polar surface area (TPSA) is 161 Å². The Morgan fingerprint density at radius 3 is 2.83 bits per heavy atom. The van der Waals surface area contributed by atoms with Crippen molar-refractivity contribution in [3.8, 4) is 11.4 Å². The normalized spacial score (nSPS) is 17.7. The van der Waals surface area contributed by atoms with Gasteiger partial charge in [-0.25, -0.2) is 25.1 Å². The molecule has 1 fully saturated rings. The largest absolute Gasteiger partial charge is 0.375 e. The Hall–Kier alpha value is -2.68. The maximum Gasteiger partial charge on any atom is 0.276 e. The highest BCUT2D eigenvalue weighted by atomic mass is 32.2. The maximum absolute atomic E-state index is 11.5. The van der Waals surface area contributed by atoms with Gasteiger partial charge in [0.25, 0.3) is 10.2 Å². The molecule has 0 radical (unpaired) electrons. The molecule has 2 aromatic heterocycles. The van der Waals surface area contributed by atoms with E-state index < -0.39 is 10.2 Å². The summed E-state index contributed by atoms with van der Waals surface area (Å²) in [5.41, 5.74) is 7.46. The van der Waals surface area contributed by atoms with E-state index in [2.05, 4.69) is 25.4 Å². The van der Waals surface area contributed by atoms with Crippen LogP contribution in [-0.2, 0) is 17.3 Å². The molecule has 0 bridgehead atoms. The lowest BCUT2D eigenvalue weighted by molar-refractivity contribution is 0.475. The first-order chi connectivity index (χ1) is 13.6. The summed E-state index contributed by atoms with van der Waals surface area (Å²) in [4.78, 5) is 13.1. The molecule has 156 valence electrons. The molecule has 12 nitrogen and oxygen atoms in total. The Morgan fingerprint density at radius 1 is 1.48 bits per heavy atom. The summed E-state index contributed by atoms with van der Waals surface area (Å²) in [6, 6.07) is 1.59. The van der Waals surface area contributed by atoms with Crippen molar-refractivity contribution in [3.63, 3.8) is 0 Å². The number of rotatable bonds is 6. The van der Waals surface area contributed by atoms with Crippen molar-refractivity contribution in [2.75, 3.05) is 25.5 Å². The number of anilines is 1. The van der Waals surface area contributed by atoms with Crippen molar-refractivity contribution in [3.05, 3.63) is 24.3 Å². The Balaban J connectivity index is 1.89. The zero-order valence-corrected chi connectivity index (χ0v) is 17.6. The summed E-state index contributed by atoms with van der Waals surface area (Å²) in [6.45, 7) is 0.580. The molecule has 3 heterocycles. The van der Waals surface area contributed by atoms with E-state index in [1.54, 1.807) is 25.6 Å². The lowest BCUT2D eigenvalue weighted by atomic mass is 10.2. The van der Waals surface area contributed by atoms with Crippen molar-refractivity contribution in [2.24, 2.45) is 23.0 Å². The van der Waals surface area contributed by atoms with Gasteiger partial charge in [-0.3, -0.25) is 0 Å². The zero-order chi connectivity index (χ0) is 21.2. The number of thiocarbonyl (C=S) groups is 1. The van der Waals surface area contributed by atoms with E-state index >= 15 is 0 Å². The van der Waals surface area contributed by atoms with Crippen molar-refractivity contribution < 1.29 is 8.42 Å². The average molecular weight is 439 g/mol. The number of nitrogens with one attached hydrogen (secondary N) is 1. The molecule has 14 heteroatoms. The highest BCUT2D eigenvalue weighted by Crippen LogP contribution is 2.20. The van der Waals surface area contributed by atoms with E-state index in [-0.39, 0.29) is 17.7 Å². The number of imidazole rings is 1. The van der Waals surface area contributed by atoms with Gasteiger partial charge < -0.3 is 15.6 Å². The molecule has 2 aromatic rings. The van der Waals surface area contributed by atoms with Crippen LogP contribution in [0.15, 0.2) is 23.7 Å². The van der Waals surface area contributed by atoms with E-state index in [1.807, 2.05) is 11.6 Å². The highest BCUT2D eigenvalue weighted by molar-refractivity contribution is 7.86. The summed E-state index contributed by atoms with van der Waals surface area (Å²) in [6.07, 6.45) is 5.45. The minimum absolute atomic E-state index is 0.120. The molecule has 0 saturated carbocycles. The molecule has 1 saturated heterocycles. The fourth-order valence-electron chi connectivity index (χ4n) is 2.79. The number of hydrogen-bond donors (Lipinski definition) is 3. The fourth-order valence-corrected chi connectivity index (χ4v) is 3.59. The Morgan fingerprint density at radius 2 is 2.24 bits per heavy atom. The first-order valence-corrected chi connectivity index (χ1v) is 10.5. The number of hydrogen-bond acceptors (Lipinski definition) is 8. The molecule has 29 heavy (non-hydrogen) atoms. The van der Waals surface area contributed by atoms with Crippen molar-refractivity contribution in [1.29, 1.82) is 0 Å². The summed E-state index contributed by atoms with van der Waals surface area (Å²) in [7, 11) is -0.241. The monoisotopic (exact) mass is 438 g/mol. The standard InChI is InChI=1S/C15H22N10O2S2/c1-23-9-18-7-13(23)12-5-11(6-19-24(2)14(16)28)21-15(22-12)20-10-3-4-25(8-10)29(17,26)27/h5-7,9-10H,3-4,8H2,1-2H3,(H2,16,28)(H2,17,26,27)(H,20,21,22)/b19-6+. The molecular weight excluding hydrogens is 416 g/mol. The van der Waals surface area contributed by atoms with Crippen LogP contribution in [0, 0.1) is 0 Å². The van der Waals surface area contributed by atoms with Crippen molar-refractivity contribution >= 4 is 39.7 Å². The fraction of sp³-hybridized carbons (Fsp3) is 0.400. The summed E-state index contributed by atoms with van der Waals surface area (Å²) in [5.74, 6) is 0.337. The third-order valence-electron chi connectivity index (χ3n) is 4.35. The smallest absolute Gasteiger partial charge is 0.276 e. The lowest BCUT2D eigenvalue weighted by Crippen LogP contribution is -2.36. The van der Waals surface area contributed by atoms with Gasteiger partial charge in [-0.15, -0.1) is 0 Å². The second kappa shape index (κ2) is 8.36. The SMILES string of the molecule is CN(/N=C/c1cc(-c2cncn2C)nc(NC2CCN(S(N)(=O)=O)C2)n1)C(N)=S. The third-order valence-corrected chi connectivity index (χ3v) is 5.67. The van der Waals surface area contributed by atoms with Gasteiger partial charge in [0.1, 0.15) is 0 Å². The third kappa shape index (κ3) is 5.23. The van der Waals surface area contributed by atoms with Gasteiger partial charge in [-0.2, -0.15) is 17.8 Å². The van der Waals surface area contributed by atoms with Crippen LogP contribution < -0.4 is 16.2 Å². The van der Waals surface area contributed by atoms with Gasteiger partial charge in [0.15, 0.2) is 5.11 Å². The second-order valence-corrected chi connectivity index (χ2v) is 8.50. The quantitative estimate of drug-likeness (QED) is 0.294. The first kappa shape index (κ1) is 21.0. The van der Waals surface area contributed by atoms with Crippen LogP contribution >= 0.6 is 12.2 Å². The summed E-state index contributed by atoms with van der Waals surface area (Å²) < 4.78 is 26.1. The number of nitrogens with zero attached hydrogens (tertiary/aromatic N) is 7. The van der Waals surface area contributed by atoms with Crippen LogP contribution in [0.3, 0.4) is 0 Å². The predicted molar refractivity (Wildman–Crippen MR) is 113 cm³/mol. The summed E-state index contributed by atoms with van der Waals surface area (Å²) in [5, 5.41) is 14.0. The molecule has 5 N–H and O–H groups in total. The number of aromatic nitrogens is 4. The van der Waals surface area contributed by atoms with Crippen LogP contribution in [0.25, 0.3) is 11.4 Å². The molecule has 1 unspecified atom stereocenters. The highest BCUT2D eigenvalue weighted by Gasteiger charge is 2.29. The Kier molecular flexibility index (Phi) is 6.07. The van der Waals surface area contributed by atoms with Crippen LogP contribution in [0.4, 0.5) is 5.95 Å². The molecule has 1 aliphatic heterocycles. The van der Waals surface area contributed by atoms with E-state index in [4.69, 9.17) is 23.1 Å². The van der Waals surface area contributed by atoms with Gasteiger partial charge in [-0.1, -0.05) is 0 Å². The molecule has 0 aromatic carbocycles. The van der Waals surface area contributed by atoms with Crippen LogP contribution in [0.5, 0.6) is 0 Å². The van der Waals surface area contributed by atoms with Gasteiger partial charge >= 0.3 is 0 Å². The van der Waals surface area contributed by atoms with Gasteiger partial charge in [0.2, 0.25) is 5.95 Å². The van der Waals surface area contributed by atoms with Crippen molar-refractivity contribution in [2.45, 2.75) is 12.5 Å².